The number of nitrogens with zero attached hydrogens (tertiary/aromatic N) is 2. The minimum absolute atomic E-state index is 0.0464. The minimum Gasteiger partial charge on any atom is -0.374 e. The minimum atomic E-state index is -3.29. The smallest absolute Gasteiger partial charge is 0.228 e. The third-order valence-corrected chi connectivity index (χ3v) is 5.85. The van der Waals surface area contributed by atoms with E-state index in [0.29, 0.717) is 32.7 Å². The van der Waals surface area contributed by atoms with E-state index in [0.717, 1.165) is 5.56 Å². The van der Waals surface area contributed by atoms with Gasteiger partial charge in [-0.1, -0.05) is 12.1 Å². The van der Waals surface area contributed by atoms with Crippen LogP contribution in [-0.2, 0) is 26.1 Å². The monoisotopic (exact) mass is 356 g/mol. The lowest BCUT2D eigenvalue weighted by Gasteiger charge is -2.35. The van der Waals surface area contributed by atoms with Crippen LogP contribution in [0.3, 0.4) is 0 Å². The van der Waals surface area contributed by atoms with E-state index in [1.807, 2.05) is 0 Å². The lowest BCUT2D eigenvalue weighted by molar-refractivity contribution is -0.138. The Morgan fingerprint density at radius 1 is 1.33 bits per heavy atom. The summed E-state index contributed by atoms with van der Waals surface area (Å²) < 4.78 is 43.9. The number of ether oxygens (including phenoxy) is 1. The quantitative estimate of drug-likeness (QED) is 0.805. The molecule has 0 spiro atoms. The van der Waals surface area contributed by atoms with E-state index in [1.165, 1.54) is 22.7 Å². The summed E-state index contributed by atoms with van der Waals surface area (Å²) >= 11 is 0. The summed E-state index contributed by atoms with van der Waals surface area (Å²) in [5, 5.41) is 0. The predicted octanol–water partition coefficient (Wildman–Crippen LogP) is 0.835. The summed E-state index contributed by atoms with van der Waals surface area (Å²) in [5.41, 5.74) is 0.732. The van der Waals surface area contributed by atoms with Crippen molar-refractivity contribution in [1.82, 2.24) is 9.21 Å². The molecule has 1 amide bonds. The fraction of sp³-hybridized carbons (Fsp3) is 0.562. The third kappa shape index (κ3) is 3.76. The number of benzene rings is 1. The van der Waals surface area contributed by atoms with Gasteiger partial charge in [0.1, 0.15) is 5.82 Å². The van der Waals surface area contributed by atoms with Gasteiger partial charge in [-0.25, -0.2) is 12.8 Å². The largest absolute Gasteiger partial charge is 0.374 e. The van der Waals surface area contributed by atoms with Crippen LogP contribution in [0.1, 0.15) is 12.0 Å². The SMILES string of the molecule is CS(=O)(=O)N1CC[C@H]2C(=O)N(Cc3cccc(F)c3)CCO[C@H]2C1. The van der Waals surface area contributed by atoms with Crippen molar-refractivity contribution in [2.45, 2.75) is 19.1 Å². The van der Waals surface area contributed by atoms with Gasteiger partial charge < -0.3 is 9.64 Å². The van der Waals surface area contributed by atoms with Gasteiger partial charge in [0.25, 0.3) is 0 Å². The lowest BCUT2D eigenvalue weighted by Crippen LogP contribution is -2.50. The van der Waals surface area contributed by atoms with Gasteiger partial charge in [-0.3, -0.25) is 4.79 Å². The van der Waals surface area contributed by atoms with Crippen molar-refractivity contribution in [3.63, 3.8) is 0 Å². The molecule has 3 rings (SSSR count). The van der Waals surface area contributed by atoms with Crippen LogP contribution in [0.2, 0.25) is 0 Å². The zero-order valence-corrected chi connectivity index (χ0v) is 14.3. The third-order valence-electron chi connectivity index (χ3n) is 4.58. The summed E-state index contributed by atoms with van der Waals surface area (Å²) in [6, 6.07) is 6.19. The van der Waals surface area contributed by atoms with Crippen molar-refractivity contribution >= 4 is 15.9 Å². The van der Waals surface area contributed by atoms with Crippen LogP contribution in [0.25, 0.3) is 0 Å². The molecule has 24 heavy (non-hydrogen) atoms. The van der Waals surface area contributed by atoms with Crippen molar-refractivity contribution in [1.29, 1.82) is 0 Å². The number of hydrogen-bond donors (Lipinski definition) is 0. The van der Waals surface area contributed by atoms with Crippen LogP contribution in [0.5, 0.6) is 0 Å². The second kappa shape index (κ2) is 6.78. The van der Waals surface area contributed by atoms with Gasteiger partial charge >= 0.3 is 0 Å². The highest BCUT2D eigenvalue weighted by Crippen LogP contribution is 2.27. The van der Waals surface area contributed by atoms with Gasteiger partial charge in [-0.05, 0) is 24.1 Å². The Morgan fingerprint density at radius 2 is 2.12 bits per heavy atom. The van der Waals surface area contributed by atoms with Crippen molar-refractivity contribution in [3.05, 3.63) is 35.6 Å². The molecule has 2 saturated heterocycles. The molecule has 132 valence electrons. The number of hydrogen-bond acceptors (Lipinski definition) is 4. The topological polar surface area (TPSA) is 66.9 Å². The first kappa shape index (κ1) is 17.3. The van der Waals surface area contributed by atoms with E-state index < -0.39 is 16.1 Å². The molecule has 1 aromatic rings. The van der Waals surface area contributed by atoms with Crippen molar-refractivity contribution < 1.29 is 22.3 Å². The Labute approximate surface area is 141 Å². The van der Waals surface area contributed by atoms with E-state index >= 15 is 0 Å². The van der Waals surface area contributed by atoms with Gasteiger partial charge in [0, 0.05) is 26.2 Å². The second-order valence-electron chi connectivity index (χ2n) is 6.32. The molecule has 8 heteroatoms. The normalized spacial score (nSPS) is 26.1. The number of carbonyl (C=O) groups is 1. The van der Waals surface area contributed by atoms with Crippen LogP contribution < -0.4 is 0 Å². The van der Waals surface area contributed by atoms with Crippen LogP contribution in [0, 0.1) is 11.7 Å². The summed E-state index contributed by atoms with van der Waals surface area (Å²) in [7, 11) is -3.29. The average molecular weight is 356 g/mol. The number of rotatable bonds is 3. The molecule has 6 nitrogen and oxygen atoms in total. The molecule has 1 aromatic carbocycles. The van der Waals surface area contributed by atoms with Crippen molar-refractivity contribution in [2.75, 3.05) is 32.5 Å². The standard InChI is InChI=1S/C16H21FN2O4S/c1-24(21,22)19-6-5-14-15(11-19)23-8-7-18(16(14)20)10-12-3-2-4-13(17)9-12/h2-4,9,14-15H,5-8,10-11H2,1H3/t14-,15+/m1/s1. The predicted molar refractivity (Wildman–Crippen MR) is 86.1 cm³/mol. The molecule has 2 aliphatic heterocycles. The molecule has 0 bridgehead atoms. The first-order valence-corrected chi connectivity index (χ1v) is 9.79. The maximum atomic E-state index is 13.3. The van der Waals surface area contributed by atoms with E-state index in [4.69, 9.17) is 4.74 Å². The van der Waals surface area contributed by atoms with Crippen molar-refractivity contribution in [2.24, 2.45) is 5.92 Å². The van der Waals surface area contributed by atoms with Gasteiger partial charge in [0.2, 0.25) is 15.9 Å². The van der Waals surface area contributed by atoms with Crippen LogP contribution in [-0.4, -0.2) is 62.1 Å². The number of fused-ring (bicyclic) bond motifs is 1. The molecule has 0 unspecified atom stereocenters. The fourth-order valence-electron chi connectivity index (χ4n) is 3.31. The highest BCUT2D eigenvalue weighted by Gasteiger charge is 2.41. The van der Waals surface area contributed by atoms with Gasteiger partial charge in [0.15, 0.2) is 0 Å². The maximum absolute atomic E-state index is 13.3. The number of halogens is 1. The van der Waals surface area contributed by atoms with Crippen LogP contribution in [0.4, 0.5) is 4.39 Å². The second-order valence-corrected chi connectivity index (χ2v) is 8.30. The molecular weight excluding hydrogens is 335 g/mol. The van der Waals surface area contributed by atoms with E-state index in [1.54, 1.807) is 17.0 Å². The first-order valence-electron chi connectivity index (χ1n) is 7.94. The molecule has 0 radical (unpaired) electrons. The molecular formula is C16H21FN2O4S. The fourth-order valence-corrected chi connectivity index (χ4v) is 4.17. The zero-order valence-electron chi connectivity index (χ0n) is 13.5. The van der Waals surface area contributed by atoms with Crippen LogP contribution in [0.15, 0.2) is 24.3 Å². The lowest BCUT2D eigenvalue weighted by atomic mass is 9.93. The molecule has 0 aliphatic carbocycles. The van der Waals surface area contributed by atoms with Crippen molar-refractivity contribution in [3.8, 4) is 0 Å². The van der Waals surface area contributed by atoms with Gasteiger partial charge in [-0.2, -0.15) is 4.31 Å². The van der Waals surface area contributed by atoms with E-state index in [-0.39, 0.29) is 24.2 Å². The Kier molecular flexibility index (Phi) is 4.89. The number of sulfonamides is 1. The summed E-state index contributed by atoms with van der Waals surface area (Å²) in [6.45, 7) is 1.63. The molecule has 0 aromatic heterocycles. The zero-order chi connectivity index (χ0) is 17.3. The maximum Gasteiger partial charge on any atom is 0.228 e. The Bertz CT molecular complexity index is 725. The molecule has 2 heterocycles. The average Bonchev–Trinajstić information content (AvgIpc) is 2.66. The molecule has 0 saturated carbocycles. The molecule has 2 fully saturated rings. The highest BCUT2D eigenvalue weighted by atomic mass is 32.2. The summed E-state index contributed by atoms with van der Waals surface area (Å²) in [6.07, 6.45) is 1.19. The van der Waals surface area contributed by atoms with E-state index in [2.05, 4.69) is 0 Å². The number of piperidine rings is 1. The molecule has 2 atom stereocenters. The Balaban J connectivity index is 1.72. The van der Waals surface area contributed by atoms with Crippen LogP contribution >= 0.6 is 0 Å². The highest BCUT2D eigenvalue weighted by molar-refractivity contribution is 7.88. The first-order chi connectivity index (χ1) is 11.3. The Hall–Kier alpha value is -1.51. The summed E-state index contributed by atoms with van der Waals surface area (Å²) in [5.74, 6) is -0.723. The summed E-state index contributed by atoms with van der Waals surface area (Å²) in [4.78, 5) is 14.5. The van der Waals surface area contributed by atoms with E-state index in [9.17, 15) is 17.6 Å². The molecule has 2 aliphatic rings. The van der Waals surface area contributed by atoms with Gasteiger partial charge in [-0.15, -0.1) is 0 Å². The van der Waals surface area contributed by atoms with Gasteiger partial charge in [0.05, 0.1) is 24.9 Å². The Morgan fingerprint density at radius 3 is 2.83 bits per heavy atom. The number of carbonyl (C=O) groups excluding carboxylic acids is 1. The molecule has 0 N–H and O–H groups in total. The number of amides is 1.